The molecule has 0 saturated carbocycles. The van der Waals surface area contributed by atoms with E-state index in [1.807, 2.05) is 6.92 Å². The summed E-state index contributed by atoms with van der Waals surface area (Å²) in [6.45, 7) is 10.5. The number of ether oxygens (including phenoxy) is 1. The van der Waals surface area contributed by atoms with Crippen LogP contribution in [0, 0.1) is 11.8 Å². The second-order valence-electron chi connectivity index (χ2n) is 5.74. The number of aliphatic hydroxyl groups is 1. The molecule has 2 rings (SSSR count). The summed E-state index contributed by atoms with van der Waals surface area (Å²) >= 11 is 0. The quantitative estimate of drug-likeness (QED) is 0.207. The standard InChI is InChI=1S/C15H17FN2O4.C4H9NO.C2H4/c1-2-3-4-10-5-7-11(8-6-10)14(20)17-13(12(19)9-16)15(21)18-22;1-3-6-4-2-5-1;1-2/h5-8,12-13,19,22H,2,9H2,1H3,(H,17,20)(H,18,21);5H,1-4H2;1-2H2. The van der Waals surface area contributed by atoms with Crippen molar-refractivity contribution < 1.29 is 29.0 Å². The van der Waals surface area contributed by atoms with Gasteiger partial charge in [-0.25, -0.2) is 9.87 Å². The van der Waals surface area contributed by atoms with Crippen LogP contribution in [0.15, 0.2) is 37.4 Å². The van der Waals surface area contributed by atoms with Crippen molar-refractivity contribution >= 4 is 11.8 Å². The number of halogens is 1. The van der Waals surface area contributed by atoms with Crippen LogP contribution in [0.4, 0.5) is 4.39 Å². The van der Waals surface area contributed by atoms with Crippen LogP contribution in [0.2, 0.25) is 0 Å². The van der Waals surface area contributed by atoms with Gasteiger partial charge in [0.1, 0.15) is 18.8 Å². The van der Waals surface area contributed by atoms with Crippen molar-refractivity contribution in [3.63, 3.8) is 0 Å². The molecule has 30 heavy (non-hydrogen) atoms. The first-order valence-corrected chi connectivity index (χ1v) is 9.39. The summed E-state index contributed by atoms with van der Waals surface area (Å²) in [4.78, 5) is 23.3. The highest BCUT2D eigenvalue weighted by Gasteiger charge is 2.28. The number of amides is 2. The maximum Gasteiger partial charge on any atom is 0.268 e. The first kappa shape index (κ1) is 27.2. The Morgan fingerprint density at radius 3 is 2.27 bits per heavy atom. The number of rotatable bonds is 5. The molecule has 0 radical (unpaired) electrons. The number of hydrogen-bond donors (Lipinski definition) is 5. The molecule has 166 valence electrons. The average molecular weight is 423 g/mol. The summed E-state index contributed by atoms with van der Waals surface area (Å²) in [6, 6.07) is 4.64. The molecule has 5 N–H and O–H groups in total. The van der Waals surface area contributed by atoms with Crippen molar-refractivity contribution in [1.29, 1.82) is 0 Å². The van der Waals surface area contributed by atoms with E-state index in [1.54, 1.807) is 12.1 Å². The highest BCUT2D eigenvalue weighted by molar-refractivity contribution is 5.97. The summed E-state index contributed by atoms with van der Waals surface area (Å²) in [7, 11) is 0. The van der Waals surface area contributed by atoms with Gasteiger partial charge >= 0.3 is 0 Å². The first-order chi connectivity index (χ1) is 14.5. The number of benzene rings is 1. The molecule has 1 heterocycles. The Hall–Kier alpha value is -2.77. The van der Waals surface area contributed by atoms with E-state index in [4.69, 9.17) is 9.94 Å². The fraction of sp³-hybridized carbons (Fsp3) is 0.429. The zero-order valence-electron chi connectivity index (χ0n) is 17.1. The summed E-state index contributed by atoms with van der Waals surface area (Å²) in [5.74, 6) is 3.98. The van der Waals surface area contributed by atoms with Gasteiger partial charge in [0.2, 0.25) is 0 Å². The van der Waals surface area contributed by atoms with Crippen molar-refractivity contribution in [2.75, 3.05) is 33.0 Å². The summed E-state index contributed by atoms with van der Waals surface area (Å²) < 4.78 is 17.5. The fourth-order valence-electron chi connectivity index (χ4n) is 2.13. The zero-order valence-corrected chi connectivity index (χ0v) is 17.1. The first-order valence-electron chi connectivity index (χ1n) is 9.39. The summed E-state index contributed by atoms with van der Waals surface area (Å²) in [5, 5.41) is 23.2. The van der Waals surface area contributed by atoms with E-state index in [-0.39, 0.29) is 5.56 Å². The number of carbonyl (C=O) groups is 2. The fourth-order valence-corrected chi connectivity index (χ4v) is 2.13. The summed E-state index contributed by atoms with van der Waals surface area (Å²) in [5.41, 5.74) is 2.21. The molecule has 0 aromatic heterocycles. The van der Waals surface area contributed by atoms with E-state index in [2.05, 4.69) is 35.6 Å². The number of morpholine rings is 1. The SMILES string of the molecule is C1COCCN1.C=C.CCC#Cc1ccc(C(=O)NC(C(=O)NO)C(O)CF)cc1. The highest BCUT2D eigenvalue weighted by Crippen LogP contribution is 2.05. The largest absolute Gasteiger partial charge is 0.388 e. The third kappa shape index (κ3) is 10.7. The van der Waals surface area contributed by atoms with Crippen LogP contribution in [0.5, 0.6) is 0 Å². The molecule has 8 nitrogen and oxygen atoms in total. The van der Waals surface area contributed by atoms with Gasteiger partial charge in [-0.05, 0) is 24.3 Å². The third-order valence-electron chi connectivity index (χ3n) is 3.63. The molecule has 9 heteroatoms. The van der Waals surface area contributed by atoms with Gasteiger partial charge in [-0.1, -0.05) is 18.8 Å². The molecule has 1 aliphatic rings. The number of alkyl halides is 1. The number of carbonyl (C=O) groups excluding carboxylic acids is 2. The van der Waals surface area contributed by atoms with E-state index in [0.717, 1.165) is 31.9 Å². The predicted molar refractivity (Wildman–Crippen MR) is 112 cm³/mol. The van der Waals surface area contributed by atoms with Gasteiger partial charge in [0, 0.05) is 30.6 Å². The lowest BCUT2D eigenvalue weighted by molar-refractivity contribution is -0.134. The van der Waals surface area contributed by atoms with Crippen molar-refractivity contribution in [2.24, 2.45) is 0 Å². The molecule has 1 aromatic rings. The van der Waals surface area contributed by atoms with E-state index in [0.29, 0.717) is 6.42 Å². The van der Waals surface area contributed by atoms with Crippen molar-refractivity contribution in [3.05, 3.63) is 48.6 Å². The van der Waals surface area contributed by atoms with Gasteiger partial charge in [-0.15, -0.1) is 13.2 Å². The zero-order chi connectivity index (χ0) is 22.8. The lowest BCUT2D eigenvalue weighted by Gasteiger charge is -2.20. The molecule has 1 aromatic carbocycles. The topological polar surface area (TPSA) is 120 Å². The summed E-state index contributed by atoms with van der Waals surface area (Å²) in [6.07, 6.45) is -1.05. The molecule has 0 spiro atoms. The Kier molecular flexibility index (Phi) is 15.5. The molecule has 2 atom stereocenters. The molecule has 1 fully saturated rings. The Bertz CT molecular complexity index is 673. The monoisotopic (exact) mass is 423 g/mol. The minimum Gasteiger partial charge on any atom is -0.388 e. The number of hydroxylamine groups is 1. The molecule has 0 aliphatic carbocycles. The number of hydrogen-bond acceptors (Lipinski definition) is 6. The second-order valence-corrected chi connectivity index (χ2v) is 5.74. The second kappa shape index (κ2) is 17.1. The van der Waals surface area contributed by atoms with Crippen molar-refractivity contribution in [1.82, 2.24) is 16.1 Å². The van der Waals surface area contributed by atoms with E-state index < -0.39 is 30.6 Å². The number of aliphatic hydroxyl groups excluding tert-OH is 1. The molecular weight excluding hydrogens is 393 g/mol. The van der Waals surface area contributed by atoms with Gasteiger partial charge in [0.25, 0.3) is 11.8 Å². The molecule has 0 bridgehead atoms. The van der Waals surface area contributed by atoms with Crippen molar-refractivity contribution in [2.45, 2.75) is 25.5 Å². The van der Waals surface area contributed by atoms with Gasteiger partial charge in [-0.3, -0.25) is 14.8 Å². The third-order valence-corrected chi connectivity index (χ3v) is 3.63. The molecule has 2 unspecified atom stereocenters. The van der Waals surface area contributed by atoms with E-state index in [9.17, 15) is 19.1 Å². The van der Waals surface area contributed by atoms with Crippen LogP contribution in [0.1, 0.15) is 29.3 Å². The van der Waals surface area contributed by atoms with Gasteiger partial charge in [-0.2, -0.15) is 0 Å². The van der Waals surface area contributed by atoms with Gasteiger partial charge < -0.3 is 20.5 Å². The predicted octanol–water partition coefficient (Wildman–Crippen LogP) is 0.791. The maximum atomic E-state index is 12.5. The molecular formula is C21H30FN3O5. The average Bonchev–Trinajstić information content (AvgIpc) is 2.83. The Morgan fingerprint density at radius 1 is 1.27 bits per heavy atom. The smallest absolute Gasteiger partial charge is 0.268 e. The lowest BCUT2D eigenvalue weighted by Crippen LogP contribution is -2.53. The van der Waals surface area contributed by atoms with Crippen LogP contribution >= 0.6 is 0 Å². The lowest BCUT2D eigenvalue weighted by atomic mass is 10.1. The molecule has 1 aliphatic heterocycles. The van der Waals surface area contributed by atoms with Crippen LogP contribution in [0.3, 0.4) is 0 Å². The normalized spacial score (nSPS) is 14.1. The Morgan fingerprint density at radius 2 is 1.87 bits per heavy atom. The minimum absolute atomic E-state index is 0.212. The minimum atomic E-state index is -1.76. The van der Waals surface area contributed by atoms with Gasteiger partial charge in [0.15, 0.2) is 0 Å². The van der Waals surface area contributed by atoms with Gasteiger partial charge in [0.05, 0.1) is 13.2 Å². The maximum absolute atomic E-state index is 12.5. The van der Waals surface area contributed by atoms with E-state index >= 15 is 0 Å². The Balaban J connectivity index is 0.000000880. The van der Waals surface area contributed by atoms with Crippen molar-refractivity contribution in [3.8, 4) is 11.8 Å². The van der Waals surface area contributed by atoms with E-state index in [1.165, 1.54) is 17.6 Å². The number of nitrogens with one attached hydrogen (secondary N) is 3. The van der Waals surface area contributed by atoms with Crippen LogP contribution in [-0.2, 0) is 9.53 Å². The highest BCUT2D eigenvalue weighted by atomic mass is 19.1. The Labute approximate surface area is 176 Å². The van der Waals surface area contributed by atoms with Crippen LogP contribution in [0.25, 0.3) is 0 Å². The molecule has 2 amide bonds. The molecule has 1 saturated heterocycles. The van der Waals surface area contributed by atoms with Crippen LogP contribution < -0.4 is 16.1 Å². The van der Waals surface area contributed by atoms with Crippen LogP contribution in [-0.4, -0.2) is 67.3 Å².